The van der Waals surface area contributed by atoms with Gasteiger partial charge in [-0.2, -0.15) is 0 Å². The number of aromatic nitrogens is 2. The number of Topliss-reactive ketones (excluding diaryl/α,β-unsaturated/α-hetero) is 1. The first-order chi connectivity index (χ1) is 12.7. The minimum atomic E-state index is -0.570. The van der Waals surface area contributed by atoms with Crippen molar-refractivity contribution in [1.82, 2.24) is 9.13 Å². The van der Waals surface area contributed by atoms with Gasteiger partial charge in [-0.1, -0.05) is 30.3 Å². The van der Waals surface area contributed by atoms with Crippen LogP contribution in [0.3, 0.4) is 0 Å². The van der Waals surface area contributed by atoms with E-state index in [1.165, 1.54) is 10.8 Å². The van der Waals surface area contributed by atoms with Gasteiger partial charge >= 0.3 is 5.69 Å². The van der Waals surface area contributed by atoms with Crippen molar-refractivity contribution < 1.29 is 9.21 Å². The van der Waals surface area contributed by atoms with E-state index in [-0.39, 0.29) is 18.1 Å². The molecule has 0 bridgehead atoms. The van der Waals surface area contributed by atoms with Crippen LogP contribution in [0, 0.1) is 0 Å². The third kappa shape index (κ3) is 2.57. The van der Waals surface area contributed by atoms with E-state index in [0.717, 1.165) is 4.57 Å². The largest absolute Gasteiger partial charge is 0.461 e. The second kappa shape index (κ2) is 6.33. The molecule has 6 heteroatoms. The lowest BCUT2D eigenvalue weighted by Crippen LogP contribution is -2.40. The Bertz CT molecular complexity index is 1200. The van der Waals surface area contributed by atoms with Crippen LogP contribution in [0.1, 0.15) is 10.6 Å². The number of rotatable bonds is 4. The summed E-state index contributed by atoms with van der Waals surface area (Å²) < 4.78 is 7.51. The standard InChI is InChI=1S/C20H14N2O4/c23-17(18-11-6-12-26-18)13-21-16-10-5-4-9-15(16)19(24)22(20(21)25)14-7-2-1-3-8-14/h1-12H,13H2. The molecule has 0 fully saturated rings. The molecule has 26 heavy (non-hydrogen) atoms. The molecule has 0 spiro atoms. The molecule has 2 heterocycles. The number of furan rings is 1. The lowest BCUT2D eigenvalue weighted by molar-refractivity contribution is 0.0944. The maximum absolute atomic E-state index is 13.1. The van der Waals surface area contributed by atoms with E-state index in [2.05, 4.69) is 0 Å². The second-order valence-electron chi connectivity index (χ2n) is 5.76. The summed E-state index contributed by atoms with van der Waals surface area (Å²) in [6, 6.07) is 18.5. The van der Waals surface area contributed by atoms with Gasteiger partial charge in [0.1, 0.15) is 0 Å². The maximum atomic E-state index is 13.1. The molecule has 2 aromatic heterocycles. The Labute approximate surface area is 147 Å². The Kier molecular flexibility index (Phi) is 3.85. The monoisotopic (exact) mass is 346 g/mol. The fraction of sp³-hybridized carbons (Fsp3) is 0.0500. The summed E-state index contributed by atoms with van der Waals surface area (Å²) in [4.78, 5) is 38.4. The molecule has 4 rings (SSSR count). The molecule has 0 saturated heterocycles. The fourth-order valence-electron chi connectivity index (χ4n) is 2.94. The highest BCUT2D eigenvalue weighted by atomic mass is 16.3. The Morgan fingerprint density at radius 1 is 0.885 bits per heavy atom. The quantitative estimate of drug-likeness (QED) is 0.533. The van der Waals surface area contributed by atoms with E-state index in [9.17, 15) is 14.4 Å². The highest BCUT2D eigenvalue weighted by Crippen LogP contribution is 2.11. The van der Waals surface area contributed by atoms with Gasteiger partial charge in [0.25, 0.3) is 5.56 Å². The van der Waals surface area contributed by atoms with Gasteiger partial charge in [-0.3, -0.25) is 14.2 Å². The first kappa shape index (κ1) is 15.8. The van der Waals surface area contributed by atoms with Crippen LogP contribution in [-0.2, 0) is 6.54 Å². The van der Waals surface area contributed by atoms with Gasteiger partial charge in [-0.05, 0) is 36.4 Å². The number of hydrogen-bond donors (Lipinski definition) is 0. The van der Waals surface area contributed by atoms with Gasteiger partial charge in [0.2, 0.25) is 5.78 Å². The van der Waals surface area contributed by atoms with Crippen LogP contribution in [0.4, 0.5) is 0 Å². The second-order valence-corrected chi connectivity index (χ2v) is 5.76. The number of benzene rings is 2. The average Bonchev–Trinajstić information content (AvgIpc) is 3.21. The molecule has 0 unspecified atom stereocenters. The number of ketones is 1. The van der Waals surface area contributed by atoms with Crippen LogP contribution in [0.5, 0.6) is 0 Å². The number of nitrogens with zero attached hydrogens (tertiary/aromatic N) is 2. The predicted octanol–water partition coefficient (Wildman–Crippen LogP) is 2.63. The Morgan fingerprint density at radius 2 is 1.62 bits per heavy atom. The molecule has 6 nitrogen and oxygen atoms in total. The molecule has 0 radical (unpaired) electrons. The smallest absolute Gasteiger partial charge is 0.336 e. The molecule has 4 aromatic rings. The molecular weight excluding hydrogens is 332 g/mol. The Hall–Kier alpha value is -3.67. The number of carbonyl (C=O) groups is 1. The van der Waals surface area contributed by atoms with Crippen molar-refractivity contribution in [3.05, 3.63) is 99.6 Å². The Morgan fingerprint density at radius 3 is 2.35 bits per heavy atom. The van der Waals surface area contributed by atoms with Gasteiger partial charge in [0.05, 0.1) is 29.4 Å². The van der Waals surface area contributed by atoms with Crippen molar-refractivity contribution in [2.75, 3.05) is 0 Å². The van der Waals surface area contributed by atoms with Crippen LogP contribution in [0.2, 0.25) is 0 Å². The molecule has 0 aliphatic rings. The summed E-state index contributed by atoms with van der Waals surface area (Å²) in [6.07, 6.45) is 1.40. The minimum absolute atomic E-state index is 0.165. The van der Waals surface area contributed by atoms with E-state index in [4.69, 9.17) is 4.42 Å². The third-order valence-corrected chi connectivity index (χ3v) is 4.16. The lowest BCUT2D eigenvalue weighted by Gasteiger charge is -2.13. The zero-order valence-electron chi connectivity index (χ0n) is 13.7. The van der Waals surface area contributed by atoms with Crippen LogP contribution in [0.15, 0.2) is 87.0 Å². The number of carbonyl (C=O) groups excluding carboxylic acids is 1. The average molecular weight is 346 g/mol. The summed E-state index contributed by atoms with van der Waals surface area (Å²) in [5, 5.41) is 0.364. The third-order valence-electron chi connectivity index (χ3n) is 4.16. The van der Waals surface area contributed by atoms with Crippen LogP contribution in [-0.4, -0.2) is 14.9 Å². The van der Waals surface area contributed by atoms with Crippen molar-refractivity contribution in [1.29, 1.82) is 0 Å². The topological polar surface area (TPSA) is 74.2 Å². The SMILES string of the molecule is O=C(Cn1c(=O)n(-c2ccccc2)c(=O)c2ccccc21)c1ccco1. The first-order valence-electron chi connectivity index (χ1n) is 8.03. The van der Waals surface area contributed by atoms with Gasteiger partial charge in [-0.25, -0.2) is 9.36 Å². The van der Waals surface area contributed by atoms with Crippen molar-refractivity contribution in [2.24, 2.45) is 0 Å². The van der Waals surface area contributed by atoms with Crippen molar-refractivity contribution >= 4 is 16.7 Å². The molecule has 0 aliphatic heterocycles. The summed E-state index contributed by atoms with van der Waals surface area (Å²) in [5.41, 5.74) is -0.125. The molecule has 0 amide bonds. The number of hydrogen-bond acceptors (Lipinski definition) is 4. The number of fused-ring (bicyclic) bond motifs is 1. The first-order valence-corrected chi connectivity index (χ1v) is 8.03. The summed E-state index contributed by atoms with van der Waals surface area (Å²) >= 11 is 0. The molecule has 0 saturated carbocycles. The van der Waals surface area contributed by atoms with E-state index in [1.54, 1.807) is 66.7 Å². The van der Waals surface area contributed by atoms with Gasteiger partial charge < -0.3 is 4.42 Å². The van der Waals surface area contributed by atoms with E-state index in [0.29, 0.717) is 16.6 Å². The van der Waals surface area contributed by atoms with Gasteiger partial charge in [-0.15, -0.1) is 0 Å². The normalized spacial score (nSPS) is 10.9. The van der Waals surface area contributed by atoms with E-state index in [1.807, 2.05) is 0 Å². The summed E-state index contributed by atoms with van der Waals surface area (Å²) in [5.74, 6) is -0.182. The van der Waals surface area contributed by atoms with E-state index >= 15 is 0 Å². The van der Waals surface area contributed by atoms with Crippen molar-refractivity contribution in [2.45, 2.75) is 6.54 Å². The van der Waals surface area contributed by atoms with Crippen molar-refractivity contribution in [3.63, 3.8) is 0 Å². The molecule has 0 N–H and O–H groups in total. The zero-order valence-corrected chi connectivity index (χ0v) is 13.7. The highest BCUT2D eigenvalue weighted by molar-refractivity contribution is 5.94. The molecule has 2 aromatic carbocycles. The van der Waals surface area contributed by atoms with Gasteiger partial charge in [0, 0.05) is 0 Å². The summed E-state index contributed by atoms with van der Waals surface area (Å²) in [7, 11) is 0. The molecule has 128 valence electrons. The molecular formula is C20H14N2O4. The van der Waals surface area contributed by atoms with Crippen LogP contribution in [0.25, 0.3) is 16.6 Å². The minimum Gasteiger partial charge on any atom is -0.461 e. The zero-order chi connectivity index (χ0) is 18.1. The molecule has 0 atom stereocenters. The lowest BCUT2D eigenvalue weighted by atomic mass is 10.2. The van der Waals surface area contributed by atoms with E-state index < -0.39 is 11.2 Å². The maximum Gasteiger partial charge on any atom is 0.336 e. The summed E-state index contributed by atoms with van der Waals surface area (Å²) in [6.45, 7) is -0.222. The van der Waals surface area contributed by atoms with Crippen LogP contribution >= 0.6 is 0 Å². The van der Waals surface area contributed by atoms with Crippen molar-refractivity contribution in [3.8, 4) is 5.69 Å². The fourth-order valence-corrected chi connectivity index (χ4v) is 2.94. The highest BCUT2D eigenvalue weighted by Gasteiger charge is 2.18. The number of para-hydroxylation sites is 2. The Balaban J connectivity index is 1.99. The van der Waals surface area contributed by atoms with Crippen LogP contribution < -0.4 is 11.2 Å². The molecule has 0 aliphatic carbocycles. The predicted molar refractivity (Wildman–Crippen MR) is 96.8 cm³/mol. The van der Waals surface area contributed by atoms with Gasteiger partial charge in [0.15, 0.2) is 5.76 Å².